The molecule has 1 rings (SSSR count). The van der Waals surface area contributed by atoms with E-state index in [1.165, 1.54) is 0 Å². The van der Waals surface area contributed by atoms with E-state index in [0.717, 1.165) is 11.3 Å². The van der Waals surface area contributed by atoms with Crippen LogP contribution in [0.1, 0.15) is 37.7 Å². The van der Waals surface area contributed by atoms with E-state index in [9.17, 15) is 0 Å². The molecule has 0 unspecified atom stereocenters. The zero-order valence-corrected chi connectivity index (χ0v) is 13.2. The van der Waals surface area contributed by atoms with Crippen LogP contribution in [0.15, 0.2) is 12.1 Å². The first-order chi connectivity index (χ1) is 8.15. The summed E-state index contributed by atoms with van der Waals surface area (Å²) < 4.78 is 6.14. The highest BCUT2D eigenvalue weighted by molar-refractivity contribution is 6.74. The van der Waals surface area contributed by atoms with Gasteiger partial charge in [-0.3, -0.25) is 0 Å². The summed E-state index contributed by atoms with van der Waals surface area (Å²) in [6.07, 6.45) is 0. The van der Waals surface area contributed by atoms with Gasteiger partial charge in [-0.2, -0.15) is 5.26 Å². The molecule has 0 fully saturated rings. The molecule has 98 valence electrons. The van der Waals surface area contributed by atoms with Crippen LogP contribution < -0.4 is 0 Å². The Morgan fingerprint density at radius 2 is 1.94 bits per heavy atom. The van der Waals surface area contributed by atoms with Crippen LogP contribution in [0.25, 0.3) is 0 Å². The maximum atomic E-state index is 8.90. The third-order valence-electron chi connectivity index (χ3n) is 3.53. The molecule has 0 aliphatic heterocycles. The fourth-order valence-electron chi connectivity index (χ4n) is 1.36. The first kappa shape index (κ1) is 14.9. The third-order valence-corrected chi connectivity index (χ3v) is 8.01. The maximum absolute atomic E-state index is 8.90. The van der Waals surface area contributed by atoms with Crippen molar-refractivity contribution >= 4 is 8.32 Å². The molecule has 0 radical (unpaired) electrons. The minimum Gasteiger partial charge on any atom is -0.413 e. The molecule has 1 aromatic rings. The molecule has 1 aromatic heterocycles. The minimum atomic E-state index is -1.74. The molecule has 0 aliphatic carbocycles. The Bertz CT molecular complexity index is 470. The SMILES string of the molecule is Cc1cc(CO[Si](C)(C)C(C)(C)C)cc(C#N)n1. The zero-order valence-electron chi connectivity index (χ0n) is 12.2. The molecule has 4 heteroatoms. The summed E-state index contributed by atoms with van der Waals surface area (Å²) in [6.45, 7) is 13.6. The maximum Gasteiger partial charge on any atom is 0.192 e. The summed E-state index contributed by atoms with van der Waals surface area (Å²) in [4.78, 5) is 4.14. The smallest absolute Gasteiger partial charge is 0.192 e. The number of nitrogens with zero attached hydrogens (tertiary/aromatic N) is 2. The number of pyridine rings is 1. The monoisotopic (exact) mass is 262 g/mol. The number of aryl methyl sites for hydroxylation is 1. The number of nitriles is 1. The minimum absolute atomic E-state index is 0.202. The van der Waals surface area contributed by atoms with Crippen LogP contribution in [0.3, 0.4) is 0 Å². The predicted molar refractivity (Wildman–Crippen MR) is 75.7 cm³/mol. The molecule has 0 N–H and O–H groups in total. The summed E-state index contributed by atoms with van der Waals surface area (Å²) in [5, 5.41) is 9.10. The fraction of sp³-hybridized carbons (Fsp3) is 0.571. The standard InChI is InChI=1S/C14H22N2OSi/c1-11-7-12(8-13(9-15)16-11)10-17-18(5,6)14(2,3)4/h7-8H,10H2,1-6H3. The van der Waals surface area contributed by atoms with Gasteiger partial charge in [0.05, 0.1) is 6.61 Å². The van der Waals surface area contributed by atoms with E-state index in [4.69, 9.17) is 9.69 Å². The van der Waals surface area contributed by atoms with Crippen LogP contribution in [0.2, 0.25) is 18.1 Å². The largest absolute Gasteiger partial charge is 0.413 e. The highest BCUT2D eigenvalue weighted by Gasteiger charge is 2.37. The van der Waals surface area contributed by atoms with E-state index in [2.05, 4.69) is 44.9 Å². The lowest BCUT2D eigenvalue weighted by Crippen LogP contribution is -2.40. The molecule has 1 heterocycles. The van der Waals surface area contributed by atoms with Crippen molar-refractivity contribution in [2.45, 2.75) is 52.4 Å². The van der Waals surface area contributed by atoms with E-state index < -0.39 is 8.32 Å². The molecule has 0 atom stereocenters. The van der Waals surface area contributed by atoms with Gasteiger partial charge in [0, 0.05) is 5.69 Å². The molecular formula is C14H22N2OSi. The molecule has 0 amide bonds. The first-order valence-corrected chi connectivity index (χ1v) is 9.08. The second-order valence-corrected chi connectivity index (χ2v) is 11.0. The van der Waals surface area contributed by atoms with Crippen LogP contribution in [-0.2, 0) is 11.0 Å². The molecule has 0 saturated heterocycles. The van der Waals surface area contributed by atoms with Crippen LogP contribution >= 0.6 is 0 Å². The fourth-order valence-corrected chi connectivity index (χ4v) is 2.32. The topological polar surface area (TPSA) is 45.9 Å². The lowest BCUT2D eigenvalue weighted by Gasteiger charge is -2.36. The lowest BCUT2D eigenvalue weighted by atomic mass is 10.2. The van der Waals surface area contributed by atoms with Crippen molar-refractivity contribution in [3.63, 3.8) is 0 Å². The molecule has 0 saturated carbocycles. The predicted octanol–water partition coefficient (Wildman–Crippen LogP) is 3.78. The Hall–Kier alpha value is -1.18. The molecule has 0 aliphatic rings. The average molecular weight is 262 g/mol. The van der Waals surface area contributed by atoms with E-state index in [1.54, 1.807) is 6.07 Å². The molecular weight excluding hydrogens is 240 g/mol. The number of rotatable bonds is 3. The van der Waals surface area contributed by atoms with Crippen molar-refractivity contribution in [3.8, 4) is 6.07 Å². The Kier molecular flexibility index (Phi) is 4.31. The number of aromatic nitrogens is 1. The van der Waals surface area contributed by atoms with Gasteiger partial charge in [-0.05, 0) is 42.8 Å². The second-order valence-electron chi connectivity index (χ2n) is 6.16. The summed E-state index contributed by atoms with van der Waals surface area (Å²) >= 11 is 0. The van der Waals surface area contributed by atoms with Gasteiger partial charge in [0.15, 0.2) is 8.32 Å². The van der Waals surface area contributed by atoms with Gasteiger partial charge in [0.25, 0.3) is 0 Å². The van der Waals surface area contributed by atoms with Crippen molar-refractivity contribution < 1.29 is 4.43 Å². The Balaban J connectivity index is 2.82. The summed E-state index contributed by atoms with van der Waals surface area (Å²) in [5.41, 5.74) is 2.36. The molecule has 0 bridgehead atoms. The molecule has 0 spiro atoms. The van der Waals surface area contributed by atoms with Gasteiger partial charge in [-0.1, -0.05) is 20.8 Å². The van der Waals surface area contributed by atoms with Crippen molar-refractivity contribution in [2.24, 2.45) is 0 Å². The zero-order chi connectivity index (χ0) is 14.0. The summed E-state index contributed by atoms with van der Waals surface area (Å²) in [7, 11) is -1.74. The van der Waals surface area contributed by atoms with Crippen LogP contribution in [0.4, 0.5) is 0 Å². The van der Waals surface area contributed by atoms with Gasteiger partial charge in [-0.25, -0.2) is 4.98 Å². The Morgan fingerprint density at radius 1 is 1.33 bits per heavy atom. The molecule has 3 nitrogen and oxygen atoms in total. The Morgan fingerprint density at radius 3 is 2.44 bits per heavy atom. The van der Waals surface area contributed by atoms with Gasteiger partial charge >= 0.3 is 0 Å². The molecule has 18 heavy (non-hydrogen) atoms. The normalized spacial score (nSPS) is 12.3. The van der Waals surface area contributed by atoms with Crippen LogP contribution in [-0.4, -0.2) is 13.3 Å². The van der Waals surface area contributed by atoms with E-state index in [1.807, 2.05) is 13.0 Å². The van der Waals surface area contributed by atoms with Crippen molar-refractivity contribution in [2.75, 3.05) is 0 Å². The third kappa shape index (κ3) is 3.66. The van der Waals surface area contributed by atoms with Crippen molar-refractivity contribution in [3.05, 3.63) is 29.1 Å². The van der Waals surface area contributed by atoms with Gasteiger partial charge in [0.2, 0.25) is 0 Å². The Labute approximate surface area is 111 Å². The van der Waals surface area contributed by atoms with Gasteiger partial charge in [0.1, 0.15) is 11.8 Å². The number of hydrogen-bond donors (Lipinski definition) is 0. The second kappa shape index (κ2) is 5.21. The van der Waals surface area contributed by atoms with Gasteiger partial charge in [-0.15, -0.1) is 0 Å². The molecule has 0 aromatic carbocycles. The van der Waals surface area contributed by atoms with Crippen LogP contribution in [0, 0.1) is 18.3 Å². The van der Waals surface area contributed by atoms with E-state index >= 15 is 0 Å². The highest BCUT2D eigenvalue weighted by atomic mass is 28.4. The van der Waals surface area contributed by atoms with Crippen molar-refractivity contribution in [1.29, 1.82) is 5.26 Å². The van der Waals surface area contributed by atoms with Crippen molar-refractivity contribution in [1.82, 2.24) is 4.98 Å². The quantitative estimate of drug-likeness (QED) is 0.779. The lowest BCUT2D eigenvalue weighted by molar-refractivity contribution is 0.276. The highest BCUT2D eigenvalue weighted by Crippen LogP contribution is 2.37. The van der Waals surface area contributed by atoms with Crippen LogP contribution in [0.5, 0.6) is 0 Å². The first-order valence-electron chi connectivity index (χ1n) is 6.17. The number of hydrogen-bond acceptors (Lipinski definition) is 3. The summed E-state index contributed by atoms with van der Waals surface area (Å²) in [5.74, 6) is 0. The van der Waals surface area contributed by atoms with E-state index in [-0.39, 0.29) is 5.04 Å². The van der Waals surface area contributed by atoms with Gasteiger partial charge < -0.3 is 4.43 Å². The van der Waals surface area contributed by atoms with E-state index in [0.29, 0.717) is 12.3 Å². The summed E-state index contributed by atoms with van der Waals surface area (Å²) in [6, 6.07) is 5.87. The average Bonchev–Trinajstić information content (AvgIpc) is 2.24.